The molecule has 3 nitrogen and oxygen atoms in total. The lowest BCUT2D eigenvalue weighted by Gasteiger charge is -2.34. The Morgan fingerprint density at radius 2 is 2.14 bits per heavy atom. The quantitative estimate of drug-likeness (QED) is 0.858. The van der Waals surface area contributed by atoms with E-state index in [0.29, 0.717) is 28.5 Å². The Morgan fingerprint density at radius 3 is 2.71 bits per heavy atom. The van der Waals surface area contributed by atoms with Gasteiger partial charge in [-0.3, -0.25) is 4.79 Å². The van der Waals surface area contributed by atoms with Crippen molar-refractivity contribution < 1.29 is 18.0 Å². The summed E-state index contributed by atoms with van der Waals surface area (Å²) in [5.74, 6) is -1.55. The molecule has 0 saturated carbocycles. The predicted octanol–water partition coefficient (Wildman–Crippen LogP) is 3.95. The Kier molecular flexibility index (Phi) is 4.51. The average Bonchev–Trinajstić information content (AvgIpc) is 2.79. The van der Waals surface area contributed by atoms with Gasteiger partial charge in [0.2, 0.25) is 0 Å². The Bertz CT molecular complexity index is 525. The fraction of sp³-hybridized carbons (Fsp3) is 0.643. The van der Waals surface area contributed by atoms with Crippen LogP contribution in [0, 0.1) is 11.8 Å². The zero-order chi connectivity index (χ0) is 15.8. The number of ketones is 1. The number of nitrogen functional groups attached to an aromatic ring is 1. The summed E-state index contributed by atoms with van der Waals surface area (Å²) in [5.41, 5.74) is 6.21. The first-order chi connectivity index (χ1) is 9.70. The van der Waals surface area contributed by atoms with E-state index < -0.39 is 12.1 Å². The maximum atomic E-state index is 12.8. The fourth-order valence-electron chi connectivity index (χ4n) is 2.45. The Morgan fingerprint density at radius 1 is 1.48 bits per heavy atom. The van der Waals surface area contributed by atoms with Crippen molar-refractivity contribution in [3.05, 3.63) is 10.9 Å². The van der Waals surface area contributed by atoms with Crippen LogP contribution in [0.3, 0.4) is 0 Å². The van der Waals surface area contributed by atoms with Gasteiger partial charge in [-0.15, -0.1) is 11.3 Å². The van der Waals surface area contributed by atoms with Gasteiger partial charge >= 0.3 is 6.18 Å². The van der Waals surface area contributed by atoms with Crippen LogP contribution in [0.1, 0.15) is 36.4 Å². The molecule has 0 amide bonds. The number of hydrogen-bond acceptors (Lipinski definition) is 4. The lowest BCUT2D eigenvalue weighted by Crippen LogP contribution is -2.41. The monoisotopic (exact) mass is 320 g/mol. The minimum atomic E-state index is -4.17. The average molecular weight is 320 g/mol. The molecule has 21 heavy (non-hydrogen) atoms. The van der Waals surface area contributed by atoms with Crippen LogP contribution in [0.15, 0.2) is 6.07 Å². The molecule has 1 unspecified atom stereocenters. The van der Waals surface area contributed by atoms with E-state index in [1.165, 1.54) is 11.3 Å². The summed E-state index contributed by atoms with van der Waals surface area (Å²) in [6.45, 7) is 4.07. The summed E-state index contributed by atoms with van der Waals surface area (Å²) >= 11 is 1.20. The number of carbonyl (C=O) groups excluding carboxylic acids is 1. The van der Waals surface area contributed by atoms with Crippen LogP contribution >= 0.6 is 11.3 Å². The molecule has 1 aliphatic heterocycles. The molecule has 1 aromatic heterocycles. The van der Waals surface area contributed by atoms with Crippen molar-refractivity contribution in [1.82, 2.24) is 0 Å². The highest BCUT2D eigenvalue weighted by molar-refractivity contribution is 7.18. The van der Waals surface area contributed by atoms with Crippen molar-refractivity contribution >= 4 is 27.8 Å². The molecule has 1 atom stereocenters. The van der Waals surface area contributed by atoms with Crippen LogP contribution in [0.5, 0.6) is 0 Å². The van der Waals surface area contributed by atoms with Crippen LogP contribution in [-0.2, 0) is 0 Å². The van der Waals surface area contributed by atoms with Crippen molar-refractivity contribution in [3.8, 4) is 0 Å². The second-order valence-electron chi connectivity index (χ2n) is 5.71. The summed E-state index contributed by atoms with van der Waals surface area (Å²) in [6, 6.07) is 1.62. The third-order valence-corrected chi connectivity index (χ3v) is 4.92. The normalized spacial score (nSPS) is 20.1. The molecule has 0 spiro atoms. The molecule has 0 aliphatic carbocycles. The summed E-state index contributed by atoms with van der Waals surface area (Å²) < 4.78 is 38.5. The van der Waals surface area contributed by atoms with Gasteiger partial charge in [0.15, 0.2) is 5.78 Å². The van der Waals surface area contributed by atoms with Gasteiger partial charge in [-0.05, 0) is 18.9 Å². The minimum Gasteiger partial charge on any atom is -0.397 e. The molecule has 1 aromatic rings. The molecule has 0 bridgehead atoms. The number of alkyl halides is 3. The first-order valence-corrected chi connectivity index (χ1v) is 7.77. The van der Waals surface area contributed by atoms with Crippen LogP contribution in [0.2, 0.25) is 0 Å². The highest BCUT2D eigenvalue weighted by atomic mass is 32.1. The number of carbonyl (C=O) groups is 1. The van der Waals surface area contributed by atoms with Gasteiger partial charge < -0.3 is 10.6 Å². The van der Waals surface area contributed by atoms with Crippen LogP contribution in [0.25, 0.3) is 0 Å². The smallest absolute Gasteiger partial charge is 0.393 e. The summed E-state index contributed by atoms with van der Waals surface area (Å²) in [4.78, 5) is 14.2. The largest absolute Gasteiger partial charge is 0.397 e. The van der Waals surface area contributed by atoms with E-state index in [-0.39, 0.29) is 24.7 Å². The third-order valence-electron chi connectivity index (χ3n) is 3.69. The number of thiophene rings is 1. The van der Waals surface area contributed by atoms with E-state index in [0.717, 1.165) is 0 Å². The van der Waals surface area contributed by atoms with E-state index >= 15 is 0 Å². The van der Waals surface area contributed by atoms with E-state index in [1.807, 2.05) is 0 Å². The number of anilines is 2. The van der Waals surface area contributed by atoms with Crippen molar-refractivity contribution in [2.24, 2.45) is 11.8 Å². The Hall–Kier alpha value is -1.24. The van der Waals surface area contributed by atoms with Crippen LogP contribution < -0.4 is 10.6 Å². The van der Waals surface area contributed by atoms with Gasteiger partial charge in [0.05, 0.1) is 21.5 Å². The topological polar surface area (TPSA) is 46.3 Å². The first-order valence-electron chi connectivity index (χ1n) is 6.95. The van der Waals surface area contributed by atoms with Crippen molar-refractivity contribution in [2.45, 2.75) is 32.9 Å². The lowest BCUT2D eigenvalue weighted by molar-refractivity contribution is -0.175. The SMILES string of the molecule is CC(C)C(=O)c1sc(N2CCCC(C(F)(F)F)C2)cc1N. The van der Waals surface area contributed by atoms with E-state index in [1.54, 1.807) is 24.8 Å². The van der Waals surface area contributed by atoms with E-state index in [2.05, 4.69) is 0 Å². The summed E-state index contributed by atoms with van der Waals surface area (Å²) in [5, 5.41) is 0.658. The zero-order valence-corrected chi connectivity index (χ0v) is 12.9. The molecular formula is C14H19F3N2OS. The number of nitrogens with two attached hydrogens (primary N) is 1. The van der Waals surface area contributed by atoms with E-state index in [4.69, 9.17) is 5.73 Å². The van der Waals surface area contributed by atoms with Gasteiger partial charge in [0.25, 0.3) is 0 Å². The second-order valence-corrected chi connectivity index (χ2v) is 6.75. The molecule has 1 saturated heterocycles. The van der Waals surface area contributed by atoms with E-state index in [9.17, 15) is 18.0 Å². The minimum absolute atomic E-state index is 0.0568. The van der Waals surface area contributed by atoms with Gasteiger partial charge in [0.1, 0.15) is 0 Å². The molecule has 1 aliphatic rings. The van der Waals surface area contributed by atoms with Gasteiger partial charge in [-0.2, -0.15) is 13.2 Å². The van der Waals surface area contributed by atoms with Crippen molar-refractivity contribution in [2.75, 3.05) is 23.7 Å². The van der Waals surface area contributed by atoms with Crippen LogP contribution in [0.4, 0.5) is 23.9 Å². The first kappa shape index (κ1) is 16.1. The molecule has 0 radical (unpaired) electrons. The summed E-state index contributed by atoms with van der Waals surface area (Å²) in [6.07, 6.45) is -3.51. The lowest BCUT2D eigenvalue weighted by atomic mass is 9.98. The number of rotatable bonds is 3. The molecule has 2 rings (SSSR count). The number of piperidine rings is 1. The van der Waals surface area contributed by atoms with Gasteiger partial charge in [-0.25, -0.2) is 0 Å². The van der Waals surface area contributed by atoms with Gasteiger partial charge in [0, 0.05) is 19.0 Å². The molecular weight excluding hydrogens is 301 g/mol. The predicted molar refractivity (Wildman–Crippen MR) is 78.9 cm³/mol. The molecule has 2 heterocycles. The van der Waals surface area contributed by atoms with Crippen LogP contribution in [-0.4, -0.2) is 25.0 Å². The second kappa shape index (κ2) is 5.87. The number of nitrogens with zero attached hydrogens (tertiary/aromatic N) is 1. The van der Waals surface area contributed by atoms with Crippen molar-refractivity contribution in [1.29, 1.82) is 0 Å². The maximum Gasteiger partial charge on any atom is 0.393 e. The molecule has 1 fully saturated rings. The Balaban J connectivity index is 2.19. The summed E-state index contributed by atoms with van der Waals surface area (Å²) in [7, 11) is 0. The Labute approximate surface area is 125 Å². The third kappa shape index (κ3) is 3.51. The van der Waals surface area contributed by atoms with Crippen molar-refractivity contribution in [3.63, 3.8) is 0 Å². The highest BCUT2D eigenvalue weighted by Gasteiger charge is 2.42. The number of halogens is 3. The van der Waals surface area contributed by atoms with Gasteiger partial charge in [-0.1, -0.05) is 13.8 Å². The molecule has 2 N–H and O–H groups in total. The number of hydrogen-bond donors (Lipinski definition) is 1. The standard InChI is InChI=1S/C14H19F3N2OS/c1-8(2)12(20)13-10(18)6-11(21-13)19-5-3-4-9(7-19)14(15,16)17/h6,8-9H,3-5,7,18H2,1-2H3. The molecule has 118 valence electrons. The molecule has 0 aromatic carbocycles. The zero-order valence-electron chi connectivity index (χ0n) is 12.0. The maximum absolute atomic E-state index is 12.8. The number of Topliss-reactive ketones (excluding diaryl/α,β-unsaturated/α-hetero) is 1. The molecule has 7 heteroatoms. The highest BCUT2D eigenvalue weighted by Crippen LogP contribution is 2.39. The fourth-order valence-corrected chi connectivity index (χ4v) is 3.65.